The van der Waals surface area contributed by atoms with E-state index in [1.807, 2.05) is 6.92 Å². The number of hydrogen-bond donors (Lipinski definition) is 2. The lowest BCUT2D eigenvalue weighted by atomic mass is 9.83. The molecule has 3 N–H and O–H groups in total. The third-order valence-corrected chi connectivity index (χ3v) is 7.21. The fourth-order valence-electron chi connectivity index (χ4n) is 2.87. The number of sulfonamides is 1. The zero-order valence-electron chi connectivity index (χ0n) is 12.2. The van der Waals surface area contributed by atoms with Gasteiger partial charge in [-0.25, -0.2) is 13.1 Å². The quantitative estimate of drug-likeness (QED) is 0.877. The van der Waals surface area contributed by atoms with Crippen molar-refractivity contribution in [1.29, 1.82) is 0 Å². The molecule has 1 aromatic rings. The van der Waals surface area contributed by atoms with Crippen LogP contribution in [0.5, 0.6) is 0 Å². The Bertz CT molecular complexity index is 552. The van der Waals surface area contributed by atoms with Crippen LogP contribution >= 0.6 is 11.3 Å². The van der Waals surface area contributed by atoms with E-state index in [2.05, 4.69) is 11.6 Å². The summed E-state index contributed by atoms with van der Waals surface area (Å²) in [5, 5.41) is 0. The maximum atomic E-state index is 12.3. The number of thiophene rings is 1. The number of aryl methyl sites for hydroxylation is 1. The van der Waals surface area contributed by atoms with Crippen LogP contribution in [0.2, 0.25) is 0 Å². The van der Waals surface area contributed by atoms with Crippen molar-refractivity contribution in [2.75, 3.05) is 6.54 Å². The monoisotopic (exact) mass is 316 g/mol. The van der Waals surface area contributed by atoms with Crippen LogP contribution in [-0.4, -0.2) is 15.0 Å². The molecule has 4 nitrogen and oxygen atoms in total. The van der Waals surface area contributed by atoms with E-state index in [1.165, 1.54) is 24.2 Å². The highest BCUT2D eigenvalue weighted by Crippen LogP contribution is 2.29. The molecule has 1 saturated carbocycles. The molecule has 0 spiro atoms. The van der Waals surface area contributed by atoms with E-state index in [0.717, 1.165) is 23.3 Å². The zero-order chi connectivity index (χ0) is 14.8. The normalized spacial score (nSPS) is 23.9. The van der Waals surface area contributed by atoms with Crippen molar-refractivity contribution in [3.05, 3.63) is 16.5 Å². The number of nitrogens with two attached hydrogens (primary N) is 1. The largest absolute Gasteiger partial charge is 0.326 e. The summed E-state index contributed by atoms with van der Waals surface area (Å²) in [6, 6.07) is 1.72. The van der Waals surface area contributed by atoms with Crippen molar-refractivity contribution in [2.45, 2.75) is 50.3 Å². The first-order chi connectivity index (χ1) is 9.42. The molecule has 20 heavy (non-hydrogen) atoms. The summed E-state index contributed by atoms with van der Waals surface area (Å²) in [6.45, 7) is 5.10. The Hall–Kier alpha value is -0.430. The van der Waals surface area contributed by atoms with Crippen LogP contribution in [0, 0.1) is 18.8 Å². The molecule has 2 atom stereocenters. The Morgan fingerprint density at radius 1 is 1.45 bits per heavy atom. The Labute approximate surface area is 125 Å². The van der Waals surface area contributed by atoms with Gasteiger partial charge < -0.3 is 5.73 Å². The Morgan fingerprint density at radius 3 is 2.80 bits per heavy atom. The third-order valence-electron chi connectivity index (χ3n) is 4.06. The average molecular weight is 316 g/mol. The van der Waals surface area contributed by atoms with Crippen molar-refractivity contribution >= 4 is 21.4 Å². The van der Waals surface area contributed by atoms with Gasteiger partial charge in [0.2, 0.25) is 10.0 Å². The van der Waals surface area contributed by atoms with Gasteiger partial charge in [0, 0.05) is 18.0 Å². The molecule has 0 saturated heterocycles. The summed E-state index contributed by atoms with van der Waals surface area (Å²) < 4.78 is 27.8. The van der Waals surface area contributed by atoms with Crippen molar-refractivity contribution < 1.29 is 8.42 Å². The Balaban J connectivity index is 1.99. The highest BCUT2D eigenvalue weighted by Gasteiger charge is 2.23. The van der Waals surface area contributed by atoms with Crippen molar-refractivity contribution in [2.24, 2.45) is 17.6 Å². The maximum absolute atomic E-state index is 12.3. The predicted molar refractivity (Wildman–Crippen MR) is 83.3 cm³/mol. The minimum absolute atomic E-state index is 0.388. The van der Waals surface area contributed by atoms with Gasteiger partial charge in [0.25, 0.3) is 0 Å². The molecule has 114 valence electrons. The van der Waals surface area contributed by atoms with Crippen LogP contribution in [0.25, 0.3) is 0 Å². The molecular formula is C14H24N2O2S2. The molecule has 1 aromatic heterocycles. The second kappa shape index (κ2) is 6.56. The highest BCUT2D eigenvalue weighted by molar-refractivity contribution is 7.91. The highest BCUT2D eigenvalue weighted by atomic mass is 32.2. The average Bonchev–Trinajstić information content (AvgIpc) is 2.79. The second-order valence-electron chi connectivity index (χ2n) is 5.87. The van der Waals surface area contributed by atoms with Gasteiger partial charge in [0.15, 0.2) is 0 Å². The summed E-state index contributed by atoms with van der Waals surface area (Å²) in [4.78, 5) is 0.941. The number of hydrogen-bond acceptors (Lipinski definition) is 4. The van der Waals surface area contributed by atoms with Crippen molar-refractivity contribution in [1.82, 2.24) is 4.72 Å². The fraction of sp³-hybridized carbons (Fsp3) is 0.714. The van der Waals surface area contributed by atoms with Crippen LogP contribution in [0.15, 0.2) is 10.3 Å². The first-order valence-corrected chi connectivity index (χ1v) is 9.51. The summed E-state index contributed by atoms with van der Waals surface area (Å²) in [5.41, 5.74) is 6.57. The van der Waals surface area contributed by atoms with E-state index in [0.29, 0.717) is 29.1 Å². The minimum atomic E-state index is -3.38. The summed E-state index contributed by atoms with van der Waals surface area (Å²) in [6.07, 6.45) is 4.74. The van der Waals surface area contributed by atoms with Crippen LogP contribution in [-0.2, 0) is 16.6 Å². The fourth-order valence-corrected chi connectivity index (χ4v) is 5.50. The Morgan fingerprint density at radius 2 is 2.20 bits per heavy atom. The lowest BCUT2D eigenvalue weighted by Crippen LogP contribution is -2.31. The molecule has 2 rings (SSSR count). The van der Waals surface area contributed by atoms with Gasteiger partial charge in [-0.15, -0.1) is 11.3 Å². The second-order valence-corrected chi connectivity index (χ2v) is 9.00. The molecular weight excluding hydrogens is 292 g/mol. The van der Waals surface area contributed by atoms with E-state index in [9.17, 15) is 8.42 Å². The lowest BCUT2D eigenvalue weighted by molar-refractivity contribution is 0.283. The van der Waals surface area contributed by atoms with Gasteiger partial charge >= 0.3 is 0 Å². The Kier molecular flexibility index (Phi) is 5.23. The first-order valence-electron chi connectivity index (χ1n) is 7.21. The van der Waals surface area contributed by atoms with Gasteiger partial charge in [-0.3, -0.25) is 0 Å². The molecule has 1 aliphatic rings. The van der Waals surface area contributed by atoms with E-state index in [4.69, 9.17) is 5.73 Å². The lowest BCUT2D eigenvalue weighted by Gasteiger charge is -2.26. The molecule has 0 bridgehead atoms. The topological polar surface area (TPSA) is 72.2 Å². The molecule has 0 radical (unpaired) electrons. The van der Waals surface area contributed by atoms with Crippen LogP contribution < -0.4 is 10.5 Å². The molecule has 1 fully saturated rings. The standard InChI is InChI=1S/C14H24N2O2S2/c1-10-4-3-5-12(6-10)9-16-20(17,18)14-7-11(2)13(8-15)19-14/h7,10,12,16H,3-6,8-9,15H2,1-2H3. The predicted octanol–water partition coefficient (Wildman–Crippen LogP) is 2.62. The molecule has 1 heterocycles. The number of rotatable bonds is 5. The summed E-state index contributed by atoms with van der Waals surface area (Å²) in [5.74, 6) is 1.19. The molecule has 0 aromatic carbocycles. The van der Waals surface area contributed by atoms with E-state index < -0.39 is 10.0 Å². The van der Waals surface area contributed by atoms with Gasteiger partial charge in [-0.05, 0) is 43.2 Å². The van der Waals surface area contributed by atoms with Gasteiger partial charge in [0.1, 0.15) is 4.21 Å². The maximum Gasteiger partial charge on any atom is 0.250 e. The molecule has 2 unspecified atom stereocenters. The zero-order valence-corrected chi connectivity index (χ0v) is 13.8. The van der Waals surface area contributed by atoms with E-state index in [1.54, 1.807) is 6.07 Å². The van der Waals surface area contributed by atoms with Gasteiger partial charge in [-0.1, -0.05) is 19.8 Å². The SMILES string of the molecule is Cc1cc(S(=O)(=O)NCC2CCCC(C)C2)sc1CN. The van der Waals surface area contributed by atoms with Gasteiger partial charge in [-0.2, -0.15) is 0 Å². The smallest absolute Gasteiger partial charge is 0.250 e. The minimum Gasteiger partial charge on any atom is -0.326 e. The molecule has 0 amide bonds. The van der Waals surface area contributed by atoms with Crippen LogP contribution in [0.3, 0.4) is 0 Å². The molecule has 6 heteroatoms. The molecule has 1 aliphatic carbocycles. The third kappa shape index (κ3) is 3.81. The van der Waals surface area contributed by atoms with E-state index >= 15 is 0 Å². The number of nitrogens with one attached hydrogen (secondary N) is 1. The van der Waals surface area contributed by atoms with Crippen LogP contribution in [0.1, 0.15) is 43.0 Å². The summed E-state index contributed by atoms with van der Waals surface area (Å²) >= 11 is 1.28. The van der Waals surface area contributed by atoms with Crippen molar-refractivity contribution in [3.63, 3.8) is 0 Å². The van der Waals surface area contributed by atoms with E-state index in [-0.39, 0.29) is 0 Å². The first kappa shape index (κ1) is 15.9. The van der Waals surface area contributed by atoms with Crippen molar-refractivity contribution in [3.8, 4) is 0 Å². The summed E-state index contributed by atoms with van der Waals surface area (Å²) in [7, 11) is -3.38. The van der Waals surface area contributed by atoms with Crippen LogP contribution in [0.4, 0.5) is 0 Å². The van der Waals surface area contributed by atoms with Gasteiger partial charge in [0.05, 0.1) is 0 Å². The molecule has 0 aliphatic heterocycles.